The molecule has 0 aliphatic rings. The van der Waals surface area contributed by atoms with Crippen molar-refractivity contribution < 1.29 is 0 Å². The molecule has 14 heavy (non-hydrogen) atoms. The predicted octanol–water partition coefficient (Wildman–Crippen LogP) is 2.49. The van der Waals surface area contributed by atoms with E-state index in [1.807, 2.05) is 18.2 Å². The van der Waals surface area contributed by atoms with E-state index in [9.17, 15) is 0 Å². The third kappa shape index (κ3) is 1.75. The van der Waals surface area contributed by atoms with Crippen LogP contribution in [0.25, 0.3) is 11.3 Å². The van der Waals surface area contributed by atoms with Crippen molar-refractivity contribution in [2.24, 2.45) is 0 Å². The first-order valence-corrected chi connectivity index (χ1v) is 4.88. The summed E-state index contributed by atoms with van der Waals surface area (Å²) in [6.07, 6.45) is 5.11. The predicted molar refractivity (Wildman–Crippen MR) is 59.6 cm³/mol. The molecule has 3 nitrogen and oxygen atoms in total. The van der Waals surface area contributed by atoms with Gasteiger partial charge in [-0.2, -0.15) is 0 Å². The second-order valence-electron chi connectivity index (χ2n) is 2.83. The summed E-state index contributed by atoms with van der Waals surface area (Å²) in [6, 6.07) is 5.71. The minimum Gasteiger partial charge on any atom is -0.397 e. The van der Waals surface area contributed by atoms with Crippen molar-refractivity contribution >= 4 is 21.6 Å². The molecule has 2 aromatic rings. The summed E-state index contributed by atoms with van der Waals surface area (Å²) in [7, 11) is 0. The summed E-state index contributed by atoms with van der Waals surface area (Å²) in [5.41, 5.74) is 8.20. The van der Waals surface area contributed by atoms with Gasteiger partial charge in [0.25, 0.3) is 0 Å². The first kappa shape index (κ1) is 9.15. The first-order valence-electron chi connectivity index (χ1n) is 4.09. The molecule has 0 amide bonds. The molecule has 2 rings (SSSR count). The van der Waals surface area contributed by atoms with E-state index in [1.165, 1.54) is 0 Å². The molecule has 0 saturated heterocycles. The van der Waals surface area contributed by atoms with Gasteiger partial charge >= 0.3 is 0 Å². The lowest BCUT2D eigenvalue weighted by atomic mass is 10.2. The summed E-state index contributed by atoms with van der Waals surface area (Å²) in [5.74, 6) is 0. The van der Waals surface area contributed by atoms with Gasteiger partial charge in [0.2, 0.25) is 0 Å². The van der Waals surface area contributed by atoms with Crippen LogP contribution in [0.4, 0.5) is 5.69 Å². The lowest BCUT2D eigenvalue weighted by Crippen LogP contribution is -1.90. The molecule has 70 valence electrons. The Bertz CT molecular complexity index is 442. The van der Waals surface area contributed by atoms with E-state index in [0.717, 1.165) is 15.7 Å². The third-order valence-electron chi connectivity index (χ3n) is 1.86. The van der Waals surface area contributed by atoms with Crippen LogP contribution in [0.3, 0.4) is 0 Å². The number of hydrogen-bond acceptors (Lipinski definition) is 3. The fourth-order valence-electron chi connectivity index (χ4n) is 1.12. The number of nitrogens with zero attached hydrogens (tertiary/aromatic N) is 2. The van der Waals surface area contributed by atoms with Gasteiger partial charge in [0.05, 0.1) is 17.6 Å². The molecule has 0 saturated carbocycles. The molecule has 0 bridgehead atoms. The van der Waals surface area contributed by atoms with Gasteiger partial charge in [-0.15, -0.1) is 0 Å². The molecule has 0 unspecified atom stereocenters. The Morgan fingerprint density at radius 2 is 1.93 bits per heavy atom. The van der Waals surface area contributed by atoms with Gasteiger partial charge in [-0.3, -0.25) is 9.97 Å². The molecule has 0 aliphatic heterocycles. The lowest BCUT2D eigenvalue weighted by Gasteiger charge is -2.02. The van der Waals surface area contributed by atoms with E-state index in [1.54, 1.807) is 18.6 Å². The molecule has 0 spiro atoms. The average Bonchev–Trinajstić information content (AvgIpc) is 2.23. The van der Waals surface area contributed by atoms with Crippen LogP contribution in [-0.4, -0.2) is 9.97 Å². The van der Waals surface area contributed by atoms with Crippen LogP contribution < -0.4 is 5.73 Å². The van der Waals surface area contributed by atoms with Gasteiger partial charge in [0.1, 0.15) is 0 Å². The Balaban J connectivity index is 2.48. The van der Waals surface area contributed by atoms with Crippen molar-refractivity contribution in [2.45, 2.75) is 0 Å². The summed E-state index contributed by atoms with van der Waals surface area (Å²) >= 11 is 3.36. The van der Waals surface area contributed by atoms with Crippen LogP contribution in [0.15, 0.2) is 41.3 Å². The van der Waals surface area contributed by atoms with Crippen LogP contribution >= 0.6 is 15.9 Å². The second-order valence-corrected chi connectivity index (χ2v) is 3.68. The van der Waals surface area contributed by atoms with E-state index >= 15 is 0 Å². The van der Waals surface area contributed by atoms with Gasteiger partial charge < -0.3 is 5.73 Å². The van der Waals surface area contributed by atoms with Gasteiger partial charge in [-0.25, -0.2) is 0 Å². The summed E-state index contributed by atoms with van der Waals surface area (Å²) in [6.45, 7) is 0. The summed E-state index contributed by atoms with van der Waals surface area (Å²) in [4.78, 5) is 8.17. The standard InChI is InChI=1S/C10H8BrN3/c11-8-5-10(14-6-9(8)12)7-1-3-13-4-2-7/h1-6H,12H2. The Morgan fingerprint density at radius 3 is 2.57 bits per heavy atom. The number of rotatable bonds is 1. The number of nitrogen functional groups attached to an aromatic ring is 1. The number of halogens is 1. The zero-order chi connectivity index (χ0) is 9.97. The topological polar surface area (TPSA) is 51.8 Å². The van der Waals surface area contributed by atoms with Crippen LogP contribution in [0.1, 0.15) is 0 Å². The smallest absolute Gasteiger partial charge is 0.0715 e. The highest BCUT2D eigenvalue weighted by molar-refractivity contribution is 9.10. The zero-order valence-electron chi connectivity index (χ0n) is 7.31. The van der Waals surface area contributed by atoms with Crippen molar-refractivity contribution in [1.82, 2.24) is 9.97 Å². The fourth-order valence-corrected chi connectivity index (χ4v) is 1.44. The van der Waals surface area contributed by atoms with Gasteiger partial charge in [0.15, 0.2) is 0 Å². The molecule has 2 N–H and O–H groups in total. The highest BCUT2D eigenvalue weighted by atomic mass is 79.9. The molecule has 4 heteroatoms. The monoisotopic (exact) mass is 249 g/mol. The van der Waals surface area contributed by atoms with E-state index in [-0.39, 0.29) is 0 Å². The Kier molecular flexibility index (Phi) is 2.45. The normalized spacial score (nSPS) is 10.1. The molecule has 2 aromatic heterocycles. The fraction of sp³-hybridized carbons (Fsp3) is 0. The largest absolute Gasteiger partial charge is 0.397 e. The van der Waals surface area contributed by atoms with Crippen molar-refractivity contribution in [3.8, 4) is 11.3 Å². The quantitative estimate of drug-likeness (QED) is 0.845. The van der Waals surface area contributed by atoms with E-state index in [0.29, 0.717) is 5.69 Å². The minimum absolute atomic E-state index is 0.641. The maximum absolute atomic E-state index is 5.65. The number of anilines is 1. The van der Waals surface area contributed by atoms with Gasteiger partial charge in [0, 0.05) is 22.4 Å². The number of aromatic nitrogens is 2. The van der Waals surface area contributed by atoms with Gasteiger partial charge in [-0.1, -0.05) is 0 Å². The highest BCUT2D eigenvalue weighted by Gasteiger charge is 2.01. The molecule has 0 atom stereocenters. The maximum Gasteiger partial charge on any atom is 0.0715 e. The molecule has 0 fully saturated rings. The van der Waals surface area contributed by atoms with Crippen LogP contribution in [0.2, 0.25) is 0 Å². The molecule has 0 aliphatic carbocycles. The molecule has 0 radical (unpaired) electrons. The van der Waals surface area contributed by atoms with E-state index in [4.69, 9.17) is 5.73 Å². The Morgan fingerprint density at radius 1 is 1.21 bits per heavy atom. The molecular formula is C10H8BrN3. The van der Waals surface area contributed by atoms with Crippen molar-refractivity contribution in [2.75, 3.05) is 5.73 Å². The third-order valence-corrected chi connectivity index (χ3v) is 2.54. The van der Waals surface area contributed by atoms with Crippen molar-refractivity contribution in [3.05, 3.63) is 41.3 Å². The first-order chi connectivity index (χ1) is 6.77. The number of pyridine rings is 2. The highest BCUT2D eigenvalue weighted by Crippen LogP contribution is 2.24. The lowest BCUT2D eigenvalue weighted by molar-refractivity contribution is 1.28. The Labute approximate surface area is 90.1 Å². The van der Waals surface area contributed by atoms with Crippen LogP contribution in [-0.2, 0) is 0 Å². The van der Waals surface area contributed by atoms with Crippen LogP contribution in [0, 0.1) is 0 Å². The van der Waals surface area contributed by atoms with E-state index < -0.39 is 0 Å². The summed E-state index contributed by atoms with van der Waals surface area (Å²) in [5, 5.41) is 0. The molecular weight excluding hydrogens is 242 g/mol. The number of hydrogen-bond donors (Lipinski definition) is 1. The molecule has 2 heterocycles. The second kappa shape index (κ2) is 3.75. The SMILES string of the molecule is Nc1cnc(-c2ccncc2)cc1Br. The summed E-state index contributed by atoms with van der Waals surface area (Å²) < 4.78 is 0.860. The van der Waals surface area contributed by atoms with Crippen molar-refractivity contribution in [1.29, 1.82) is 0 Å². The average molecular weight is 250 g/mol. The molecule has 0 aromatic carbocycles. The Hall–Kier alpha value is -1.42. The van der Waals surface area contributed by atoms with Gasteiger partial charge in [-0.05, 0) is 34.1 Å². The maximum atomic E-state index is 5.65. The minimum atomic E-state index is 0.641. The van der Waals surface area contributed by atoms with Crippen LogP contribution in [0.5, 0.6) is 0 Å². The number of nitrogens with two attached hydrogens (primary N) is 1. The van der Waals surface area contributed by atoms with E-state index in [2.05, 4.69) is 25.9 Å². The van der Waals surface area contributed by atoms with Crippen molar-refractivity contribution in [3.63, 3.8) is 0 Å². The zero-order valence-corrected chi connectivity index (χ0v) is 8.90.